The van der Waals surface area contributed by atoms with Crippen LogP contribution in [0.25, 0.3) is 0 Å². The van der Waals surface area contributed by atoms with Gasteiger partial charge in [0, 0.05) is 6.54 Å². The zero-order valence-corrected chi connectivity index (χ0v) is 9.77. The summed E-state index contributed by atoms with van der Waals surface area (Å²) in [4.78, 5) is 22.5. The molecule has 0 aromatic carbocycles. The van der Waals surface area contributed by atoms with E-state index >= 15 is 0 Å². The Bertz CT molecular complexity index is 298. The molecular weight excluding hydrogens is 212 g/mol. The van der Waals surface area contributed by atoms with Gasteiger partial charge >= 0.3 is 11.9 Å². The Kier molecular flexibility index (Phi) is 3.54. The standard InChI is InChI=1S/C10H18N2O4/c1-10(2,3)16-9(15)6-4-7(8(13)14)12(11)5-6/h6-7H,4-5,11H2,1-3H3,(H,13,14)/t6-,7-/m0/s1. The number of nitrogens with two attached hydrogens (primary N) is 1. The Morgan fingerprint density at radius 1 is 1.44 bits per heavy atom. The summed E-state index contributed by atoms with van der Waals surface area (Å²) in [6, 6.07) is -0.794. The summed E-state index contributed by atoms with van der Waals surface area (Å²) in [5.41, 5.74) is -0.558. The highest BCUT2D eigenvalue weighted by molar-refractivity contribution is 5.78. The van der Waals surface area contributed by atoms with Crippen LogP contribution in [0.15, 0.2) is 0 Å². The van der Waals surface area contributed by atoms with Crippen LogP contribution in [-0.2, 0) is 14.3 Å². The molecule has 1 fully saturated rings. The lowest BCUT2D eigenvalue weighted by Crippen LogP contribution is -2.41. The molecular formula is C10H18N2O4. The number of aliphatic carboxylic acids is 1. The molecule has 0 unspecified atom stereocenters. The van der Waals surface area contributed by atoms with E-state index in [2.05, 4.69) is 0 Å². The first-order chi connectivity index (χ1) is 7.20. The number of hydrogen-bond acceptors (Lipinski definition) is 5. The van der Waals surface area contributed by atoms with E-state index in [4.69, 9.17) is 15.7 Å². The molecule has 0 spiro atoms. The first-order valence-electron chi connectivity index (χ1n) is 5.17. The van der Waals surface area contributed by atoms with Gasteiger partial charge in [-0.15, -0.1) is 0 Å². The summed E-state index contributed by atoms with van der Waals surface area (Å²) >= 11 is 0. The van der Waals surface area contributed by atoms with Crippen molar-refractivity contribution in [1.29, 1.82) is 0 Å². The van der Waals surface area contributed by atoms with Crippen LogP contribution in [0.2, 0.25) is 0 Å². The molecule has 92 valence electrons. The lowest BCUT2D eigenvalue weighted by atomic mass is 10.1. The number of carbonyl (C=O) groups is 2. The van der Waals surface area contributed by atoms with E-state index in [1.165, 1.54) is 5.01 Å². The van der Waals surface area contributed by atoms with Crippen LogP contribution in [0, 0.1) is 5.92 Å². The normalized spacial score (nSPS) is 26.8. The molecule has 3 N–H and O–H groups in total. The number of nitrogens with zero attached hydrogens (tertiary/aromatic N) is 1. The first kappa shape index (κ1) is 12.9. The maximum absolute atomic E-state index is 11.7. The molecule has 0 radical (unpaired) electrons. The van der Waals surface area contributed by atoms with Crippen LogP contribution in [-0.4, -0.2) is 40.2 Å². The number of carboxylic acids is 1. The number of carboxylic acid groups (broad SMARTS) is 1. The summed E-state index contributed by atoms with van der Waals surface area (Å²) < 4.78 is 5.18. The number of hydrazine groups is 1. The van der Waals surface area contributed by atoms with Crippen molar-refractivity contribution in [1.82, 2.24) is 5.01 Å². The van der Waals surface area contributed by atoms with Crippen molar-refractivity contribution in [2.45, 2.75) is 38.8 Å². The van der Waals surface area contributed by atoms with Gasteiger partial charge in [0.2, 0.25) is 0 Å². The smallest absolute Gasteiger partial charge is 0.322 e. The second-order valence-corrected chi connectivity index (χ2v) is 5.02. The quantitative estimate of drug-likeness (QED) is 0.511. The first-order valence-corrected chi connectivity index (χ1v) is 5.17. The third-order valence-electron chi connectivity index (χ3n) is 2.36. The van der Waals surface area contributed by atoms with Crippen molar-refractivity contribution in [3.63, 3.8) is 0 Å². The number of ether oxygens (including phenoxy) is 1. The van der Waals surface area contributed by atoms with Crippen LogP contribution in [0.4, 0.5) is 0 Å². The third-order valence-corrected chi connectivity index (χ3v) is 2.36. The maximum Gasteiger partial charge on any atom is 0.322 e. The van der Waals surface area contributed by atoms with E-state index in [1.54, 1.807) is 20.8 Å². The van der Waals surface area contributed by atoms with E-state index in [-0.39, 0.29) is 18.9 Å². The Balaban J connectivity index is 2.58. The molecule has 0 aliphatic carbocycles. The molecule has 6 nitrogen and oxygen atoms in total. The lowest BCUT2D eigenvalue weighted by molar-refractivity contribution is -0.159. The van der Waals surface area contributed by atoms with Crippen LogP contribution >= 0.6 is 0 Å². The highest BCUT2D eigenvalue weighted by Gasteiger charge is 2.40. The van der Waals surface area contributed by atoms with E-state index < -0.39 is 23.5 Å². The molecule has 0 bridgehead atoms. The maximum atomic E-state index is 11.7. The minimum Gasteiger partial charge on any atom is -0.480 e. The van der Waals surface area contributed by atoms with Crippen molar-refractivity contribution in [3.05, 3.63) is 0 Å². The van der Waals surface area contributed by atoms with Crippen molar-refractivity contribution in [2.75, 3.05) is 6.54 Å². The number of carbonyl (C=O) groups excluding carboxylic acids is 1. The van der Waals surface area contributed by atoms with Gasteiger partial charge in [0.15, 0.2) is 0 Å². The fraction of sp³-hybridized carbons (Fsp3) is 0.800. The van der Waals surface area contributed by atoms with Crippen molar-refractivity contribution >= 4 is 11.9 Å². The number of hydrogen-bond donors (Lipinski definition) is 2. The second-order valence-electron chi connectivity index (χ2n) is 5.02. The minimum atomic E-state index is -1.01. The van der Waals surface area contributed by atoms with E-state index in [9.17, 15) is 9.59 Å². The Hall–Kier alpha value is -1.14. The van der Waals surface area contributed by atoms with Gasteiger partial charge in [-0.25, -0.2) is 5.01 Å². The molecule has 0 aromatic rings. The van der Waals surface area contributed by atoms with Crippen LogP contribution in [0.1, 0.15) is 27.2 Å². The number of rotatable bonds is 2. The zero-order valence-electron chi connectivity index (χ0n) is 9.77. The molecule has 1 rings (SSSR count). The van der Waals surface area contributed by atoms with Crippen molar-refractivity contribution < 1.29 is 19.4 Å². The summed E-state index contributed by atoms with van der Waals surface area (Å²) in [7, 11) is 0. The molecule has 1 aliphatic heterocycles. The van der Waals surface area contributed by atoms with E-state index in [0.717, 1.165) is 0 Å². The minimum absolute atomic E-state index is 0.209. The molecule has 16 heavy (non-hydrogen) atoms. The van der Waals surface area contributed by atoms with Crippen LogP contribution < -0.4 is 5.84 Å². The molecule has 1 saturated heterocycles. The zero-order chi connectivity index (χ0) is 12.5. The van der Waals surface area contributed by atoms with Gasteiger partial charge in [0.25, 0.3) is 0 Å². The summed E-state index contributed by atoms with van der Waals surface area (Å²) in [6.45, 7) is 5.55. The highest BCUT2D eigenvalue weighted by atomic mass is 16.6. The monoisotopic (exact) mass is 230 g/mol. The predicted molar refractivity (Wildman–Crippen MR) is 56.3 cm³/mol. The van der Waals surface area contributed by atoms with Gasteiger partial charge in [-0.3, -0.25) is 15.4 Å². The topological polar surface area (TPSA) is 92.9 Å². The fourth-order valence-corrected chi connectivity index (χ4v) is 1.66. The largest absolute Gasteiger partial charge is 0.480 e. The Labute approximate surface area is 94.3 Å². The van der Waals surface area contributed by atoms with E-state index in [1.807, 2.05) is 0 Å². The lowest BCUT2D eigenvalue weighted by Gasteiger charge is -2.21. The van der Waals surface area contributed by atoms with Crippen molar-refractivity contribution in [2.24, 2.45) is 11.8 Å². The second kappa shape index (κ2) is 4.39. The molecule has 1 aliphatic rings. The van der Waals surface area contributed by atoms with Gasteiger partial charge in [0.05, 0.1) is 5.92 Å². The molecule has 2 atom stereocenters. The molecule has 0 amide bonds. The Morgan fingerprint density at radius 3 is 2.38 bits per heavy atom. The summed E-state index contributed by atoms with van der Waals surface area (Å²) in [6.07, 6.45) is 0.209. The van der Waals surface area contributed by atoms with Crippen molar-refractivity contribution in [3.8, 4) is 0 Å². The van der Waals surface area contributed by atoms with Gasteiger partial charge in [-0.2, -0.15) is 0 Å². The molecule has 1 heterocycles. The SMILES string of the molecule is CC(C)(C)OC(=O)[C@H]1C[C@@H](C(=O)O)N(N)C1. The van der Waals surface area contributed by atoms with Gasteiger partial charge in [-0.05, 0) is 27.2 Å². The van der Waals surface area contributed by atoms with E-state index in [0.29, 0.717) is 0 Å². The number of esters is 1. The molecule has 0 saturated carbocycles. The van der Waals surface area contributed by atoms with Gasteiger partial charge in [0.1, 0.15) is 11.6 Å². The fourth-order valence-electron chi connectivity index (χ4n) is 1.66. The summed E-state index contributed by atoms with van der Waals surface area (Å²) in [5.74, 6) is 3.67. The average Bonchev–Trinajstić information content (AvgIpc) is 2.44. The average molecular weight is 230 g/mol. The van der Waals surface area contributed by atoms with Gasteiger partial charge < -0.3 is 9.84 Å². The van der Waals surface area contributed by atoms with Crippen LogP contribution in [0.3, 0.4) is 0 Å². The summed E-state index contributed by atoms with van der Waals surface area (Å²) in [5, 5.41) is 10.0. The predicted octanol–water partition coefficient (Wildman–Crippen LogP) is -0.0231. The van der Waals surface area contributed by atoms with Crippen LogP contribution in [0.5, 0.6) is 0 Å². The Morgan fingerprint density at radius 2 is 2.00 bits per heavy atom. The molecule has 0 aromatic heterocycles. The highest BCUT2D eigenvalue weighted by Crippen LogP contribution is 2.23. The third kappa shape index (κ3) is 3.18. The van der Waals surface area contributed by atoms with Gasteiger partial charge in [-0.1, -0.05) is 0 Å². The molecule has 6 heteroatoms.